The first kappa shape index (κ1) is 37.1. The van der Waals surface area contributed by atoms with Gasteiger partial charge in [-0.15, -0.1) is 0 Å². The number of methoxy groups -OCH3 is 1. The number of ether oxygens (including phenoxy) is 1. The number of aldehydes is 1. The molecule has 1 aromatic carbocycles. The molecule has 2 heterocycles. The highest BCUT2D eigenvalue weighted by Gasteiger charge is 2.65. The third-order valence-corrected chi connectivity index (χ3v) is 8.08. The summed E-state index contributed by atoms with van der Waals surface area (Å²) in [6, 6.07) is 6.91. The summed E-state index contributed by atoms with van der Waals surface area (Å²) in [5.41, 5.74) is 0.793. The highest BCUT2D eigenvalue weighted by Crippen LogP contribution is 3.02. The Morgan fingerprint density at radius 2 is 1.69 bits per heavy atom. The van der Waals surface area contributed by atoms with Gasteiger partial charge in [-0.2, -0.15) is 10.5 Å². The number of carbonyl (C=O) groups excluding carboxylic acids is 2. The van der Waals surface area contributed by atoms with Gasteiger partial charge >= 0.3 is 10.2 Å². The SMILES string of the molecule is CN(CC(=O)NC1CCC(F)(F)CC1)c1ccc(S(F)(F)(F)(F)F)cc1.COC1CC(C=O)N(C#N)C1.N#Cc1ccncc1. The predicted octanol–water partition coefficient (Wildman–Crippen LogP) is 6.18. The minimum absolute atomic E-state index is 0.0323. The van der Waals surface area contributed by atoms with E-state index in [1.807, 2.05) is 12.3 Å². The summed E-state index contributed by atoms with van der Waals surface area (Å²) < 4.78 is 94.5. The van der Waals surface area contributed by atoms with Crippen LogP contribution in [-0.2, 0) is 14.3 Å². The molecule has 9 nitrogen and oxygen atoms in total. The van der Waals surface area contributed by atoms with Crippen molar-refractivity contribution in [3.05, 3.63) is 54.4 Å². The Labute approximate surface area is 256 Å². The molecule has 1 amide bonds. The van der Waals surface area contributed by atoms with Gasteiger partial charge in [0.05, 0.1) is 36.9 Å². The fraction of sp³-hybridized carbons (Fsp3) is 0.464. The number of hydrogen-bond donors (Lipinski definition) is 1. The fourth-order valence-electron chi connectivity index (χ4n) is 4.39. The molecule has 0 radical (unpaired) electrons. The van der Waals surface area contributed by atoms with Crippen LogP contribution in [0.2, 0.25) is 0 Å². The van der Waals surface area contributed by atoms with Gasteiger partial charge in [0.15, 0.2) is 6.19 Å². The average Bonchev–Trinajstić information content (AvgIpc) is 3.41. The van der Waals surface area contributed by atoms with Crippen LogP contribution in [0.5, 0.6) is 0 Å². The third-order valence-electron chi connectivity index (χ3n) is 6.92. The number of likely N-dealkylation sites (N-methyl/N-ethyl adjacent to an activating group) is 1. The largest absolute Gasteiger partial charge is 0.379 e. The van der Waals surface area contributed by atoms with Crippen LogP contribution in [0.4, 0.5) is 33.9 Å². The maximum Gasteiger partial charge on any atom is 0.310 e. The van der Waals surface area contributed by atoms with Crippen molar-refractivity contribution in [2.75, 3.05) is 32.1 Å². The van der Waals surface area contributed by atoms with Gasteiger partial charge in [0.25, 0.3) is 0 Å². The lowest BCUT2D eigenvalue weighted by molar-refractivity contribution is -0.121. The molecule has 1 aliphatic carbocycles. The van der Waals surface area contributed by atoms with Gasteiger partial charge in [0, 0.05) is 57.5 Å². The van der Waals surface area contributed by atoms with Crippen molar-refractivity contribution in [3.63, 3.8) is 0 Å². The average molecular weight is 667 g/mol. The number of halogens is 7. The molecule has 45 heavy (non-hydrogen) atoms. The van der Waals surface area contributed by atoms with Crippen LogP contribution in [0, 0.1) is 22.8 Å². The maximum absolute atomic E-state index is 13.1. The number of likely N-dealkylation sites (tertiary alicyclic amines) is 1. The van der Waals surface area contributed by atoms with Gasteiger partial charge in [-0.05, 0) is 49.2 Å². The van der Waals surface area contributed by atoms with Crippen LogP contribution in [0.15, 0.2) is 53.7 Å². The van der Waals surface area contributed by atoms with Gasteiger partial charge in [-0.25, -0.2) is 8.78 Å². The Hall–Kier alpha value is -4.09. The Kier molecular flexibility index (Phi) is 11.8. The second-order valence-corrected chi connectivity index (χ2v) is 12.8. The minimum atomic E-state index is -9.73. The number of anilines is 1. The number of rotatable bonds is 7. The van der Waals surface area contributed by atoms with Crippen molar-refractivity contribution in [3.8, 4) is 12.3 Å². The van der Waals surface area contributed by atoms with E-state index in [9.17, 15) is 37.8 Å². The van der Waals surface area contributed by atoms with E-state index in [-0.39, 0.29) is 68.2 Å². The third kappa shape index (κ3) is 12.4. The van der Waals surface area contributed by atoms with Gasteiger partial charge in [0.1, 0.15) is 11.2 Å². The van der Waals surface area contributed by atoms with Crippen molar-refractivity contribution in [2.24, 2.45) is 0 Å². The van der Waals surface area contributed by atoms with Crippen LogP contribution >= 0.6 is 10.2 Å². The zero-order valence-corrected chi connectivity index (χ0v) is 25.2. The summed E-state index contributed by atoms with van der Waals surface area (Å²) in [4.78, 5) is 26.8. The first-order valence-electron chi connectivity index (χ1n) is 13.5. The molecule has 0 bridgehead atoms. The maximum atomic E-state index is 13.1. The topological polar surface area (TPSA) is 122 Å². The second kappa shape index (κ2) is 14.3. The van der Waals surface area contributed by atoms with Gasteiger partial charge < -0.3 is 19.7 Å². The first-order valence-corrected chi connectivity index (χ1v) is 15.4. The number of pyridine rings is 1. The number of nitriles is 2. The van der Waals surface area contributed by atoms with Crippen LogP contribution in [0.25, 0.3) is 0 Å². The van der Waals surface area contributed by atoms with E-state index in [1.165, 1.54) is 16.8 Å². The van der Waals surface area contributed by atoms with Crippen LogP contribution < -0.4 is 10.2 Å². The fourth-order valence-corrected chi connectivity index (χ4v) is 5.04. The molecule has 2 fully saturated rings. The van der Waals surface area contributed by atoms with Gasteiger partial charge in [0.2, 0.25) is 11.8 Å². The summed E-state index contributed by atoms with van der Waals surface area (Å²) in [6.45, 7) is 0.291. The standard InChI is InChI=1S/C15H19F7N2OS.C7H10N2O2.C6H4N2/c1-24(10-14(25)23-11-6-8-15(16,17)9-7-11)12-2-4-13(5-3-12)26(18,19,20,21)22;1-11-7-2-6(4-10)9(3-7)5-8;7-5-6-1-3-8-4-2-6/h2-5,11H,6-10H2,1H3,(H,23,25);4,6-7H,2-3H2,1H3;1-4H. The molecule has 1 saturated heterocycles. The summed E-state index contributed by atoms with van der Waals surface area (Å²) in [7, 11) is -6.73. The van der Waals surface area contributed by atoms with E-state index in [2.05, 4.69) is 10.3 Å². The molecule has 2 aromatic rings. The molecule has 0 spiro atoms. The van der Waals surface area contributed by atoms with Crippen molar-refractivity contribution in [2.45, 2.75) is 61.1 Å². The molecule has 2 unspecified atom stereocenters. The number of hydrogen-bond acceptors (Lipinski definition) is 8. The van der Waals surface area contributed by atoms with Gasteiger partial charge in [-0.1, -0.05) is 19.4 Å². The molecule has 1 aromatic heterocycles. The normalized spacial score (nSPS) is 20.7. The van der Waals surface area contributed by atoms with Crippen molar-refractivity contribution >= 4 is 28.1 Å². The van der Waals surface area contributed by atoms with Crippen molar-refractivity contribution in [1.82, 2.24) is 15.2 Å². The lowest BCUT2D eigenvalue weighted by Crippen LogP contribution is -2.44. The number of alkyl halides is 2. The monoisotopic (exact) mass is 666 g/mol. The number of nitrogens with one attached hydrogen (secondary N) is 1. The highest BCUT2D eigenvalue weighted by molar-refractivity contribution is 8.45. The molecule has 17 heteroatoms. The van der Waals surface area contributed by atoms with Crippen LogP contribution in [0.1, 0.15) is 37.7 Å². The molecular formula is C28H33F7N6O3S. The zero-order valence-electron chi connectivity index (χ0n) is 24.4. The summed E-state index contributed by atoms with van der Waals surface area (Å²) in [5.74, 6) is -3.21. The highest BCUT2D eigenvalue weighted by atomic mass is 32.5. The van der Waals surface area contributed by atoms with Crippen molar-refractivity contribution < 1.29 is 42.5 Å². The number of amides is 1. The number of carbonyl (C=O) groups is 2. The van der Waals surface area contributed by atoms with Gasteiger partial charge in [-0.3, -0.25) is 14.7 Å². The molecule has 248 valence electrons. The molecule has 2 atom stereocenters. The van der Waals surface area contributed by atoms with E-state index in [0.717, 1.165) is 18.4 Å². The second-order valence-electron chi connectivity index (χ2n) is 10.4. The summed E-state index contributed by atoms with van der Waals surface area (Å²) in [6.07, 6.45) is 6.25. The number of benzene rings is 1. The molecule has 1 aliphatic heterocycles. The van der Waals surface area contributed by atoms with E-state index in [1.54, 1.807) is 31.6 Å². The Morgan fingerprint density at radius 1 is 1.11 bits per heavy atom. The Balaban J connectivity index is 0.000000301. The summed E-state index contributed by atoms with van der Waals surface area (Å²) in [5, 5.41) is 19.4. The first-order chi connectivity index (χ1) is 20.8. The minimum Gasteiger partial charge on any atom is -0.379 e. The Bertz CT molecular complexity index is 1360. The zero-order chi connectivity index (χ0) is 34.0. The lowest BCUT2D eigenvalue weighted by atomic mass is 9.92. The van der Waals surface area contributed by atoms with E-state index in [0.29, 0.717) is 18.5 Å². The van der Waals surface area contributed by atoms with E-state index in [4.69, 9.17) is 15.3 Å². The predicted molar refractivity (Wildman–Crippen MR) is 153 cm³/mol. The van der Waals surface area contributed by atoms with Crippen molar-refractivity contribution in [1.29, 1.82) is 10.5 Å². The molecule has 4 rings (SSSR count). The summed E-state index contributed by atoms with van der Waals surface area (Å²) >= 11 is 0. The van der Waals surface area contributed by atoms with E-state index < -0.39 is 26.9 Å². The smallest absolute Gasteiger partial charge is 0.310 e. The molecule has 1 N–H and O–H groups in total. The lowest BCUT2D eigenvalue weighted by Gasteiger charge is -2.40. The molecule has 2 aliphatic rings. The molecular weight excluding hydrogens is 633 g/mol. The number of nitrogens with zero attached hydrogens (tertiary/aromatic N) is 5. The van der Waals surface area contributed by atoms with Crippen LogP contribution in [-0.4, -0.2) is 73.4 Å². The van der Waals surface area contributed by atoms with Crippen LogP contribution in [0.3, 0.4) is 0 Å². The molecule has 1 saturated carbocycles. The number of aromatic nitrogens is 1. The quantitative estimate of drug-likeness (QED) is 0.211. The Morgan fingerprint density at radius 3 is 2.11 bits per heavy atom. The van der Waals surface area contributed by atoms with E-state index >= 15 is 0 Å².